The maximum absolute atomic E-state index is 10.4. The van der Waals surface area contributed by atoms with E-state index >= 15 is 0 Å². The summed E-state index contributed by atoms with van der Waals surface area (Å²) in [5, 5.41) is 8.57. The number of nitrogens with two attached hydrogens (primary N) is 1. The molecule has 1 atom stereocenters. The van der Waals surface area contributed by atoms with Crippen LogP contribution in [0.5, 0.6) is 0 Å². The number of amides is 1. The average molecular weight is 174 g/mol. The molecule has 0 bridgehead atoms. The number of rotatable bonds is 2. The molecule has 4 nitrogen and oxygen atoms in total. The van der Waals surface area contributed by atoms with Crippen LogP contribution >= 0.6 is 0 Å². The second-order valence-electron chi connectivity index (χ2n) is 4.14. The summed E-state index contributed by atoms with van der Waals surface area (Å²) in [6.45, 7) is 6.35. The zero-order valence-electron chi connectivity index (χ0n) is 8.16. The van der Waals surface area contributed by atoms with Gasteiger partial charge in [-0.2, -0.15) is 0 Å². The van der Waals surface area contributed by atoms with Crippen LogP contribution < -0.4 is 5.73 Å². The van der Waals surface area contributed by atoms with Gasteiger partial charge in [-0.15, -0.1) is 0 Å². The van der Waals surface area contributed by atoms with Crippen LogP contribution in [0.25, 0.3) is 0 Å². The molecule has 0 rings (SSSR count). The van der Waals surface area contributed by atoms with Gasteiger partial charge in [0.05, 0.1) is 0 Å². The topological polar surface area (TPSA) is 66.6 Å². The molecular formula is C8H18N2O2. The molecule has 0 saturated heterocycles. The molecule has 0 heterocycles. The summed E-state index contributed by atoms with van der Waals surface area (Å²) < 4.78 is 0. The molecule has 0 saturated carbocycles. The van der Waals surface area contributed by atoms with Gasteiger partial charge < -0.3 is 15.7 Å². The molecule has 12 heavy (non-hydrogen) atoms. The molecule has 4 heteroatoms. The van der Waals surface area contributed by atoms with Crippen molar-refractivity contribution in [1.29, 1.82) is 0 Å². The fraction of sp³-hybridized carbons (Fsp3) is 0.875. The fourth-order valence-corrected chi connectivity index (χ4v) is 0.647. The fourth-order valence-electron chi connectivity index (χ4n) is 0.647. The van der Waals surface area contributed by atoms with Crippen molar-refractivity contribution < 1.29 is 9.90 Å². The van der Waals surface area contributed by atoms with E-state index in [1.54, 1.807) is 0 Å². The van der Waals surface area contributed by atoms with Gasteiger partial charge in [0, 0.05) is 19.6 Å². The molecule has 0 aliphatic heterocycles. The van der Waals surface area contributed by atoms with E-state index in [9.17, 15) is 4.79 Å². The largest absolute Gasteiger partial charge is 0.465 e. The first-order chi connectivity index (χ1) is 5.25. The summed E-state index contributed by atoms with van der Waals surface area (Å²) in [4.78, 5) is 11.6. The van der Waals surface area contributed by atoms with E-state index in [0.29, 0.717) is 6.54 Å². The summed E-state index contributed by atoms with van der Waals surface area (Å²) in [5.74, 6) is 0. The highest BCUT2D eigenvalue weighted by atomic mass is 16.4. The molecule has 1 amide bonds. The maximum atomic E-state index is 10.4. The number of carboxylic acid groups (broad SMARTS) is 1. The Hall–Kier alpha value is -0.770. The minimum atomic E-state index is -0.935. The van der Waals surface area contributed by atoms with Crippen molar-refractivity contribution in [2.24, 2.45) is 11.1 Å². The lowest BCUT2D eigenvalue weighted by Gasteiger charge is -2.29. The van der Waals surface area contributed by atoms with Gasteiger partial charge in [0.1, 0.15) is 0 Å². The standard InChI is InChI=1S/C8H18N2O2/c1-8(2,3)6(9)5-10(4)7(11)12/h6H,5,9H2,1-4H3,(H,11,12). The number of nitrogens with zero attached hydrogens (tertiary/aromatic N) is 1. The molecule has 0 spiro atoms. The van der Waals surface area contributed by atoms with Crippen molar-refractivity contribution in [3.63, 3.8) is 0 Å². The van der Waals surface area contributed by atoms with Gasteiger partial charge in [-0.1, -0.05) is 20.8 Å². The second kappa shape index (κ2) is 3.76. The normalized spacial score (nSPS) is 14.1. The van der Waals surface area contributed by atoms with E-state index in [0.717, 1.165) is 0 Å². The Morgan fingerprint density at radius 2 is 2.00 bits per heavy atom. The van der Waals surface area contributed by atoms with Crippen molar-refractivity contribution in [2.45, 2.75) is 26.8 Å². The Morgan fingerprint density at radius 1 is 1.58 bits per heavy atom. The van der Waals surface area contributed by atoms with Crippen LogP contribution in [0.1, 0.15) is 20.8 Å². The minimum Gasteiger partial charge on any atom is -0.465 e. The Balaban J connectivity index is 4.01. The van der Waals surface area contributed by atoms with Crippen LogP contribution in [0.3, 0.4) is 0 Å². The average Bonchev–Trinajstić information content (AvgIpc) is 1.85. The molecule has 0 aromatic heterocycles. The van der Waals surface area contributed by atoms with Crippen LogP contribution in [0, 0.1) is 5.41 Å². The van der Waals surface area contributed by atoms with Crippen LogP contribution in [0.15, 0.2) is 0 Å². The van der Waals surface area contributed by atoms with Gasteiger partial charge >= 0.3 is 6.09 Å². The predicted octanol–water partition coefficient (Wildman–Crippen LogP) is 0.970. The van der Waals surface area contributed by atoms with Gasteiger partial charge in [0.25, 0.3) is 0 Å². The lowest BCUT2D eigenvalue weighted by Crippen LogP contribution is -2.45. The molecule has 1 unspecified atom stereocenters. The van der Waals surface area contributed by atoms with Gasteiger partial charge in [-0.3, -0.25) is 0 Å². The minimum absolute atomic E-state index is 0.0519. The third-order valence-corrected chi connectivity index (χ3v) is 1.91. The summed E-state index contributed by atoms with van der Waals surface area (Å²) in [7, 11) is 1.52. The van der Waals surface area contributed by atoms with Crippen molar-refractivity contribution in [3.8, 4) is 0 Å². The highest BCUT2D eigenvalue weighted by Gasteiger charge is 2.23. The number of hydrogen-bond donors (Lipinski definition) is 2. The monoisotopic (exact) mass is 174 g/mol. The van der Waals surface area contributed by atoms with E-state index in [2.05, 4.69) is 0 Å². The van der Waals surface area contributed by atoms with Crippen LogP contribution in [-0.4, -0.2) is 35.7 Å². The Kier molecular flexibility index (Phi) is 3.52. The first kappa shape index (κ1) is 11.2. The summed E-state index contributed by atoms with van der Waals surface area (Å²) in [5.41, 5.74) is 5.73. The van der Waals surface area contributed by atoms with Crippen molar-refractivity contribution in [2.75, 3.05) is 13.6 Å². The Labute approximate surface area is 73.3 Å². The van der Waals surface area contributed by atoms with Gasteiger partial charge in [0.15, 0.2) is 0 Å². The predicted molar refractivity (Wildman–Crippen MR) is 48.1 cm³/mol. The summed E-state index contributed by atoms with van der Waals surface area (Å²) in [6, 6.07) is -0.126. The van der Waals surface area contributed by atoms with E-state index in [1.807, 2.05) is 20.8 Å². The zero-order chi connectivity index (χ0) is 9.94. The molecule has 0 aliphatic carbocycles. The smallest absolute Gasteiger partial charge is 0.407 e. The summed E-state index contributed by atoms with van der Waals surface area (Å²) in [6.07, 6.45) is -0.935. The molecule has 3 N–H and O–H groups in total. The molecular weight excluding hydrogens is 156 g/mol. The van der Waals surface area contributed by atoms with E-state index in [-0.39, 0.29) is 11.5 Å². The Morgan fingerprint density at radius 3 is 2.25 bits per heavy atom. The molecule has 0 aliphatic rings. The van der Waals surface area contributed by atoms with Crippen molar-refractivity contribution in [3.05, 3.63) is 0 Å². The molecule has 0 aromatic carbocycles. The lowest BCUT2D eigenvalue weighted by molar-refractivity contribution is 0.144. The van der Waals surface area contributed by atoms with Crippen LogP contribution in [-0.2, 0) is 0 Å². The second-order valence-corrected chi connectivity index (χ2v) is 4.14. The van der Waals surface area contributed by atoms with E-state index < -0.39 is 6.09 Å². The highest BCUT2D eigenvalue weighted by molar-refractivity contribution is 5.64. The zero-order valence-corrected chi connectivity index (χ0v) is 8.16. The van der Waals surface area contributed by atoms with Crippen LogP contribution in [0.2, 0.25) is 0 Å². The number of carbonyl (C=O) groups is 1. The lowest BCUT2D eigenvalue weighted by atomic mass is 9.87. The maximum Gasteiger partial charge on any atom is 0.407 e. The van der Waals surface area contributed by atoms with Crippen molar-refractivity contribution >= 4 is 6.09 Å². The SMILES string of the molecule is CN(CC(N)C(C)(C)C)C(=O)O. The van der Waals surface area contributed by atoms with Crippen molar-refractivity contribution in [1.82, 2.24) is 4.90 Å². The Bertz CT molecular complexity index is 163. The molecule has 0 radical (unpaired) electrons. The quantitative estimate of drug-likeness (QED) is 0.655. The number of hydrogen-bond acceptors (Lipinski definition) is 2. The van der Waals surface area contributed by atoms with Crippen LogP contribution in [0.4, 0.5) is 4.79 Å². The molecule has 0 aromatic rings. The van der Waals surface area contributed by atoms with E-state index in [4.69, 9.17) is 10.8 Å². The highest BCUT2D eigenvalue weighted by Crippen LogP contribution is 2.17. The first-order valence-electron chi connectivity index (χ1n) is 3.95. The third kappa shape index (κ3) is 3.57. The molecule has 0 fully saturated rings. The van der Waals surface area contributed by atoms with E-state index in [1.165, 1.54) is 11.9 Å². The third-order valence-electron chi connectivity index (χ3n) is 1.91. The molecule has 72 valence electrons. The van der Waals surface area contributed by atoms with Gasteiger partial charge in [0.2, 0.25) is 0 Å². The van der Waals surface area contributed by atoms with Gasteiger partial charge in [-0.05, 0) is 5.41 Å². The van der Waals surface area contributed by atoms with Gasteiger partial charge in [-0.25, -0.2) is 4.79 Å². The first-order valence-corrected chi connectivity index (χ1v) is 3.95. The summed E-state index contributed by atoms with van der Waals surface area (Å²) >= 11 is 0. The number of likely N-dealkylation sites (N-methyl/N-ethyl adjacent to an activating group) is 1.